The van der Waals surface area contributed by atoms with Crippen LogP contribution in [-0.4, -0.2) is 50.4 Å². The van der Waals surface area contributed by atoms with Crippen LogP contribution >= 0.6 is 0 Å². The van der Waals surface area contributed by atoms with Crippen molar-refractivity contribution in [3.63, 3.8) is 0 Å². The van der Waals surface area contributed by atoms with Gasteiger partial charge in [0.1, 0.15) is 12.1 Å². The molecule has 1 N–H and O–H groups in total. The van der Waals surface area contributed by atoms with Gasteiger partial charge >= 0.3 is 0 Å². The molecule has 0 unspecified atom stereocenters. The SMILES string of the molecule is O=C(CN1Cc2cncnc2C1)N1CCC[C@H](c2cccc(O)c2)C1. The Labute approximate surface area is 147 Å². The second-order valence-corrected chi connectivity index (χ2v) is 6.91. The number of amides is 1. The Morgan fingerprint density at radius 1 is 1.32 bits per heavy atom. The van der Waals surface area contributed by atoms with Gasteiger partial charge < -0.3 is 10.0 Å². The molecule has 2 aliphatic rings. The van der Waals surface area contributed by atoms with Gasteiger partial charge in [0.05, 0.1) is 12.2 Å². The van der Waals surface area contributed by atoms with Crippen molar-refractivity contribution in [2.24, 2.45) is 0 Å². The number of carbonyl (C=O) groups is 1. The van der Waals surface area contributed by atoms with Gasteiger partial charge in [-0.2, -0.15) is 0 Å². The van der Waals surface area contributed by atoms with E-state index in [1.165, 1.54) is 0 Å². The zero-order valence-electron chi connectivity index (χ0n) is 14.1. The van der Waals surface area contributed by atoms with E-state index < -0.39 is 0 Å². The van der Waals surface area contributed by atoms with Crippen molar-refractivity contribution in [3.8, 4) is 5.75 Å². The molecule has 3 heterocycles. The van der Waals surface area contributed by atoms with Crippen LogP contribution in [0.15, 0.2) is 36.8 Å². The van der Waals surface area contributed by atoms with E-state index in [0.29, 0.717) is 19.0 Å². The number of fused-ring (bicyclic) bond motifs is 1. The molecular weight excluding hydrogens is 316 g/mol. The van der Waals surface area contributed by atoms with Crippen LogP contribution in [0.3, 0.4) is 0 Å². The van der Waals surface area contributed by atoms with E-state index in [2.05, 4.69) is 14.9 Å². The number of benzene rings is 1. The monoisotopic (exact) mass is 338 g/mol. The minimum atomic E-state index is 0.172. The van der Waals surface area contributed by atoms with Crippen LogP contribution in [0, 0.1) is 0 Å². The molecule has 1 aromatic carbocycles. The summed E-state index contributed by atoms with van der Waals surface area (Å²) >= 11 is 0. The molecule has 0 saturated carbocycles. The lowest BCUT2D eigenvalue weighted by molar-refractivity contribution is -0.133. The quantitative estimate of drug-likeness (QED) is 0.926. The molecule has 1 saturated heterocycles. The predicted molar refractivity (Wildman–Crippen MR) is 92.8 cm³/mol. The summed E-state index contributed by atoms with van der Waals surface area (Å²) in [5.41, 5.74) is 3.26. The molecule has 1 atom stereocenters. The fraction of sp³-hybridized carbons (Fsp3) is 0.421. The van der Waals surface area contributed by atoms with E-state index in [1.54, 1.807) is 12.4 Å². The highest BCUT2D eigenvalue weighted by atomic mass is 16.3. The number of hydrogen-bond acceptors (Lipinski definition) is 5. The van der Waals surface area contributed by atoms with Crippen molar-refractivity contribution in [3.05, 3.63) is 53.6 Å². The van der Waals surface area contributed by atoms with Crippen LogP contribution in [0.4, 0.5) is 0 Å². The van der Waals surface area contributed by atoms with Crippen LogP contribution in [0.25, 0.3) is 0 Å². The molecule has 1 aromatic heterocycles. The summed E-state index contributed by atoms with van der Waals surface area (Å²) in [4.78, 5) is 25.2. The maximum atomic E-state index is 12.7. The highest BCUT2D eigenvalue weighted by Crippen LogP contribution is 2.29. The highest BCUT2D eigenvalue weighted by molar-refractivity contribution is 5.78. The smallest absolute Gasteiger partial charge is 0.236 e. The van der Waals surface area contributed by atoms with Crippen molar-refractivity contribution in [1.29, 1.82) is 0 Å². The Bertz CT molecular complexity index is 755. The Morgan fingerprint density at radius 3 is 3.08 bits per heavy atom. The van der Waals surface area contributed by atoms with Gasteiger partial charge in [0.25, 0.3) is 0 Å². The lowest BCUT2D eigenvalue weighted by Gasteiger charge is -2.34. The fourth-order valence-corrected chi connectivity index (χ4v) is 3.82. The first kappa shape index (κ1) is 16.0. The predicted octanol–water partition coefficient (Wildman–Crippen LogP) is 1.90. The average molecular weight is 338 g/mol. The lowest BCUT2D eigenvalue weighted by atomic mass is 9.90. The Morgan fingerprint density at radius 2 is 2.24 bits per heavy atom. The number of aromatic nitrogens is 2. The number of piperidine rings is 1. The maximum absolute atomic E-state index is 12.7. The summed E-state index contributed by atoms with van der Waals surface area (Å²) in [5, 5.41) is 9.70. The molecule has 25 heavy (non-hydrogen) atoms. The van der Waals surface area contributed by atoms with Gasteiger partial charge in [-0.25, -0.2) is 9.97 Å². The Balaban J connectivity index is 1.38. The molecule has 0 aliphatic carbocycles. The van der Waals surface area contributed by atoms with Gasteiger partial charge in [0, 0.05) is 43.9 Å². The van der Waals surface area contributed by atoms with E-state index in [4.69, 9.17) is 0 Å². The maximum Gasteiger partial charge on any atom is 0.236 e. The summed E-state index contributed by atoms with van der Waals surface area (Å²) in [6, 6.07) is 7.40. The molecule has 0 spiro atoms. The molecular formula is C19H22N4O2. The van der Waals surface area contributed by atoms with E-state index in [9.17, 15) is 9.90 Å². The lowest BCUT2D eigenvalue weighted by Crippen LogP contribution is -2.43. The molecule has 0 radical (unpaired) electrons. The minimum Gasteiger partial charge on any atom is -0.508 e. The first-order chi connectivity index (χ1) is 12.2. The van der Waals surface area contributed by atoms with Crippen molar-refractivity contribution in [2.45, 2.75) is 31.8 Å². The number of phenols is 1. The molecule has 1 amide bonds. The normalized spacial score (nSPS) is 20.5. The van der Waals surface area contributed by atoms with Crippen LogP contribution in [0.5, 0.6) is 5.75 Å². The summed E-state index contributed by atoms with van der Waals surface area (Å²) in [5.74, 6) is 0.758. The first-order valence-corrected chi connectivity index (χ1v) is 8.76. The minimum absolute atomic E-state index is 0.172. The van der Waals surface area contributed by atoms with Gasteiger partial charge in [0.15, 0.2) is 0 Å². The van der Waals surface area contributed by atoms with Gasteiger partial charge in [-0.05, 0) is 30.5 Å². The van der Waals surface area contributed by atoms with E-state index in [0.717, 1.165) is 49.3 Å². The van der Waals surface area contributed by atoms with Crippen molar-refractivity contribution >= 4 is 5.91 Å². The second-order valence-electron chi connectivity index (χ2n) is 6.91. The van der Waals surface area contributed by atoms with Crippen molar-refractivity contribution < 1.29 is 9.90 Å². The second kappa shape index (κ2) is 6.80. The summed E-state index contributed by atoms with van der Waals surface area (Å²) in [6.45, 7) is 3.42. The van der Waals surface area contributed by atoms with Gasteiger partial charge in [0.2, 0.25) is 5.91 Å². The molecule has 6 heteroatoms. The van der Waals surface area contributed by atoms with Crippen molar-refractivity contribution in [1.82, 2.24) is 19.8 Å². The number of aromatic hydroxyl groups is 1. The Kier molecular flexibility index (Phi) is 4.36. The van der Waals surface area contributed by atoms with Crippen molar-refractivity contribution in [2.75, 3.05) is 19.6 Å². The number of likely N-dealkylation sites (tertiary alicyclic amines) is 1. The fourth-order valence-electron chi connectivity index (χ4n) is 3.82. The average Bonchev–Trinajstić information content (AvgIpc) is 3.04. The highest BCUT2D eigenvalue weighted by Gasteiger charge is 2.28. The Hall–Kier alpha value is -2.47. The molecule has 0 bridgehead atoms. The van der Waals surface area contributed by atoms with Crippen LogP contribution in [0.2, 0.25) is 0 Å². The standard InChI is InChI=1S/C19H22N4O2/c24-17-5-1-3-14(7-17)15-4-2-6-23(10-15)19(25)12-22-9-16-8-20-13-21-18(16)11-22/h1,3,5,7-8,13,15,24H,2,4,6,9-12H2/t15-/m0/s1. The molecule has 4 rings (SSSR count). The van der Waals surface area contributed by atoms with E-state index >= 15 is 0 Å². The van der Waals surface area contributed by atoms with Gasteiger partial charge in [-0.15, -0.1) is 0 Å². The largest absolute Gasteiger partial charge is 0.508 e. The molecule has 130 valence electrons. The zero-order valence-corrected chi connectivity index (χ0v) is 14.1. The number of rotatable bonds is 3. The first-order valence-electron chi connectivity index (χ1n) is 8.76. The molecule has 2 aromatic rings. The molecule has 1 fully saturated rings. The van der Waals surface area contributed by atoms with Gasteiger partial charge in [-0.3, -0.25) is 9.69 Å². The van der Waals surface area contributed by atoms with Gasteiger partial charge in [-0.1, -0.05) is 12.1 Å². The third kappa shape index (κ3) is 3.49. The molecule has 2 aliphatic heterocycles. The van der Waals surface area contributed by atoms with Crippen LogP contribution in [-0.2, 0) is 17.9 Å². The summed E-state index contributed by atoms with van der Waals surface area (Å²) in [6.07, 6.45) is 5.45. The van der Waals surface area contributed by atoms with E-state index in [-0.39, 0.29) is 11.7 Å². The topological polar surface area (TPSA) is 69.6 Å². The number of nitrogens with zero attached hydrogens (tertiary/aromatic N) is 4. The number of phenolic OH excluding ortho intramolecular Hbond substituents is 1. The van der Waals surface area contributed by atoms with E-state index in [1.807, 2.05) is 29.3 Å². The molecule has 6 nitrogen and oxygen atoms in total. The van der Waals surface area contributed by atoms with Crippen LogP contribution in [0.1, 0.15) is 35.6 Å². The number of carbonyl (C=O) groups excluding carboxylic acids is 1. The summed E-state index contributed by atoms with van der Waals surface area (Å²) < 4.78 is 0. The third-order valence-electron chi connectivity index (χ3n) is 5.12. The number of hydrogen-bond donors (Lipinski definition) is 1. The summed E-state index contributed by atoms with van der Waals surface area (Å²) in [7, 11) is 0. The zero-order chi connectivity index (χ0) is 17.2. The third-order valence-corrected chi connectivity index (χ3v) is 5.12. The van der Waals surface area contributed by atoms with Crippen LogP contribution < -0.4 is 0 Å².